The average molecular weight is 360 g/mol. The van der Waals surface area contributed by atoms with E-state index in [1.165, 1.54) is 11.1 Å². The lowest BCUT2D eigenvalue weighted by Crippen LogP contribution is -2.40. The Balaban J connectivity index is 2.08. The number of benzene rings is 2. The van der Waals surface area contributed by atoms with E-state index in [9.17, 15) is 4.79 Å². The highest BCUT2D eigenvalue weighted by atomic mass is 35.5. The monoisotopic (exact) mass is 359 g/mol. The van der Waals surface area contributed by atoms with E-state index in [1.54, 1.807) is 24.3 Å². The van der Waals surface area contributed by atoms with Gasteiger partial charge >= 0.3 is 0 Å². The molecule has 0 bridgehead atoms. The molecular formula is C21H26ClNO2. The number of ether oxygens (including phenoxy) is 1. The van der Waals surface area contributed by atoms with Crippen molar-refractivity contribution in [3.63, 3.8) is 0 Å². The Morgan fingerprint density at radius 3 is 2.28 bits per heavy atom. The van der Waals surface area contributed by atoms with Crippen LogP contribution in [0.2, 0.25) is 5.02 Å². The van der Waals surface area contributed by atoms with Crippen LogP contribution in [-0.2, 0) is 4.79 Å². The van der Waals surface area contributed by atoms with E-state index in [4.69, 9.17) is 16.3 Å². The molecule has 4 heteroatoms. The van der Waals surface area contributed by atoms with Crippen LogP contribution in [0.25, 0.3) is 0 Å². The number of carbonyl (C=O) groups is 1. The fraction of sp³-hybridized carbons (Fsp3) is 0.381. The van der Waals surface area contributed by atoms with Crippen molar-refractivity contribution in [2.24, 2.45) is 0 Å². The van der Waals surface area contributed by atoms with E-state index in [0.29, 0.717) is 17.2 Å². The molecule has 0 spiro atoms. The average Bonchev–Trinajstić information content (AvgIpc) is 2.61. The van der Waals surface area contributed by atoms with Gasteiger partial charge in [-0.15, -0.1) is 0 Å². The number of hydrogen-bond acceptors (Lipinski definition) is 2. The lowest BCUT2D eigenvalue weighted by Gasteiger charge is -2.23. The van der Waals surface area contributed by atoms with Gasteiger partial charge in [0.05, 0.1) is 6.04 Å². The summed E-state index contributed by atoms with van der Waals surface area (Å²) in [6, 6.07) is 13.4. The third-order valence-electron chi connectivity index (χ3n) is 4.41. The molecule has 3 nitrogen and oxygen atoms in total. The Hall–Kier alpha value is -2.00. The molecule has 0 saturated carbocycles. The second-order valence-corrected chi connectivity index (χ2v) is 6.72. The van der Waals surface area contributed by atoms with Crippen LogP contribution in [0.3, 0.4) is 0 Å². The summed E-state index contributed by atoms with van der Waals surface area (Å²) < 4.78 is 5.83. The molecule has 0 radical (unpaired) electrons. The van der Waals surface area contributed by atoms with Crippen LogP contribution in [0.5, 0.6) is 5.75 Å². The van der Waals surface area contributed by atoms with Gasteiger partial charge in [0, 0.05) is 5.02 Å². The van der Waals surface area contributed by atoms with Crippen molar-refractivity contribution in [1.29, 1.82) is 0 Å². The molecule has 2 aromatic rings. The zero-order valence-corrected chi connectivity index (χ0v) is 16.1. The molecule has 2 rings (SSSR count). The molecule has 0 aliphatic rings. The quantitative estimate of drug-likeness (QED) is 0.720. The minimum absolute atomic E-state index is 0.0188. The van der Waals surface area contributed by atoms with Crippen LogP contribution in [0.4, 0.5) is 0 Å². The number of hydrogen-bond donors (Lipinski definition) is 1. The Morgan fingerprint density at radius 1 is 1.04 bits per heavy atom. The fourth-order valence-corrected chi connectivity index (χ4v) is 2.79. The first-order chi connectivity index (χ1) is 11.9. The SMILES string of the molecule is CC[C@H](Oc1ccc(Cl)cc1)C(=O)N[C@@H](CC)c1ccc(C)c(C)c1. The van der Waals surface area contributed by atoms with Crippen molar-refractivity contribution < 1.29 is 9.53 Å². The number of carbonyl (C=O) groups excluding carboxylic acids is 1. The van der Waals surface area contributed by atoms with E-state index in [-0.39, 0.29) is 11.9 Å². The topological polar surface area (TPSA) is 38.3 Å². The largest absolute Gasteiger partial charge is 0.481 e. The zero-order valence-electron chi connectivity index (χ0n) is 15.3. The lowest BCUT2D eigenvalue weighted by atomic mass is 9.99. The van der Waals surface area contributed by atoms with Crippen LogP contribution >= 0.6 is 11.6 Å². The van der Waals surface area contributed by atoms with Gasteiger partial charge in [0.15, 0.2) is 6.10 Å². The maximum Gasteiger partial charge on any atom is 0.261 e. The summed E-state index contributed by atoms with van der Waals surface area (Å²) >= 11 is 5.89. The maximum atomic E-state index is 12.7. The van der Waals surface area contributed by atoms with E-state index in [0.717, 1.165) is 12.0 Å². The van der Waals surface area contributed by atoms with Crippen LogP contribution < -0.4 is 10.1 Å². The molecule has 25 heavy (non-hydrogen) atoms. The predicted molar refractivity (Wildman–Crippen MR) is 103 cm³/mol. The predicted octanol–water partition coefficient (Wildman–Crippen LogP) is 5.38. The highest BCUT2D eigenvalue weighted by Crippen LogP contribution is 2.21. The number of rotatable bonds is 7. The molecular weight excluding hydrogens is 334 g/mol. The Labute approximate surface area is 155 Å². The normalized spacial score (nSPS) is 13.2. The number of aryl methyl sites for hydroxylation is 2. The van der Waals surface area contributed by atoms with Crippen LogP contribution in [0.15, 0.2) is 42.5 Å². The molecule has 0 saturated heterocycles. The van der Waals surface area contributed by atoms with Crippen molar-refractivity contribution in [2.75, 3.05) is 0 Å². The number of halogens is 1. The highest BCUT2D eigenvalue weighted by Gasteiger charge is 2.22. The van der Waals surface area contributed by atoms with Gasteiger partial charge in [-0.1, -0.05) is 43.6 Å². The maximum absolute atomic E-state index is 12.7. The van der Waals surface area contributed by atoms with Gasteiger partial charge in [0.1, 0.15) is 5.75 Å². The van der Waals surface area contributed by atoms with Gasteiger partial charge in [0.2, 0.25) is 0 Å². The zero-order chi connectivity index (χ0) is 18.4. The summed E-state index contributed by atoms with van der Waals surface area (Å²) in [5, 5.41) is 3.77. The second kappa shape index (κ2) is 8.91. The van der Waals surface area contributed by atoms with E-state index < -0.39 is 6.10 Å². The molecule has 0 aliphatic carbocycles. The summed E-state index contributed by atoms with van der Waals surface area (Å²) in [7, 11) is 0. The van der Waals surface area contributed by atoms with Gasteiger partial charge in [-0.3, -0.25) is 4.79 Å². The first-order valence-electron chi connectivity index (χ1n) is 8.74. The number of amides is 1. The van der Waals surface area contributed by atoms with Gasteiger partial charge in [-0.2, -0.15) is 0 Å². The first-order valence-corrected chi connectivity index (χ1v) is 9.12. The van der Waals surface area contributed by atoms with Crippen molar-refractivity contribution in [2.45, 2.75) is 52.7 Å². The molecule has 2 atom stereocenters. The standard InChI is InChI=1S/C21H26ClNO2/c1-5-19(16-8-7-14(3)15(4)13-16)23-21(24)20(6-2)25-18-11-9-17(22)10-12-18/h7-13,19-20H,5-6H2,1-4H3,(H,23,24)/t19-,20-/m0/s1. The van der Waals surface area contributed by atoms with E-state index in [2.05, 4.69) is 44.3 Å². The minimum atomic E-state index is -0.526. The van der Waals surface area contributed by atoms with Gasteiger partial charge in [0.25, 0.3) is 5.91 Å². The number of nitrogens with one attached hydrogen (secondary N) is 1. The van der Waals surface area contributed by atoms with E-state index in [1.807, 2.05) is 6.92 Å². The van der Waals surface area contributed by atoms with Crippen molar-refractivity contribution in [3.8, 4) is 5.75 Å². The first kappa shape index (κ1) is 19.3. The highest BCUT2D eigenvalue weighted by molar-refractivity contribution is 6.30. The summed E-state index contributed by atoms with van der Waals surface area (Å²) in [6.45, 7) is 8.19. The third kappa shape index (κ3) is 5.23. The third-order valence-corrected chi connectivity index (χ3v) is 4.67. The van der Waals surface area contributed by atoms with Crippen molar-refractivity contribution >= 4 is 17.5 Å². The molecule has 2 aromatic carbocycles. The Bertz CT molecular complexity index is 712. The van der Waals surface area contributed by atoms with Gasteiger partial charge in [-0.05, 0) is 67.6 Å². The Kier molecular flexibility index (Phi) is 6.89. The molecule has 0 aliphatic heterocycles. The van der Waals surface area contributed by atoms with Crippen LogP contribution in [-0.4, -0.2) is 12.0 Å². The van der Waals surface area contributed by atoms with Gasteiger partial charge in [-0.25, -0.2) is 0 Å². The van der Waals surface area contributed by atoms with E-state index >= 15 is 0 Å². The lowest BCUT2D eigenvalue weighted by molar-refractivity contribution is -0.128. The molecule has 0 aromatic heterocycles. The molecule has 0 fully saturated rings. The molecule has 0 heterocycles. The van der Waals surface area contributed by atoms with Crippen LogP contribution in [0.1, 0.15) is 49.4 Å². The van der Waals surface area contributed by atoms with Crippen molar-refractivity contribution in [3.05, 3.63) is 64.2 Å². The molecule has 0 unspecified atom stereocenters. The van der Waals surface area contributed by atoms with Crippen LogP contribution in [0, 0.1) is 13.8 Å². The Morgan fingerprint density at radius 2 is 1.72 bits per heavy atom. The summed E-state index contributed by atoms with van der Waals surface area (Å²) in [4.78, 5) is 12.7. The molecule has 134 valence electrons. The summed E-state index contributed by atoms with van der Waals surface area (Å²) in [5.41, 5.74) is 3.61. The van der Waals surface area contributed by atoms with Gasteiger partial charge < -0.3 is 10.1 Å². The minimum Gasteiger partial charge on any atom is -0.481 e. The fourth-order valence-electron chi connectivity index (χ4n) is 2.67. The molecule has 1 amide bonds. The smallest absolute Gasteiger partial charge is 0.261 e. The van der Waals surface area contributed by atoms with Crippen molar-refractivity contribution in [1.82, 2.24) is 5.32 Å². The second-order valence-electron chi connectivity index (χ2n) is 6.28. The summed E-state index contributed by atoms with van der Waals surface area (Å²) in [6.07, 6.45) is 0.894. The summed E-state index contributed by atoms with van der Waals surface area (Å²) in [5.74, 6) is 0.549. The molecule has 1 N–H and O–H groups in total.